The monoisotopic (exact) mass is 320 g/mol. The van der Waals surface area contributed by atoms with E-state index in [-0.39, 0.29) is 12.3 Å². The third kappa shape index (κ3) is 4.69. The highest BCUT2D eigenvalue weighted by Crippen LogP contribution is 2.23. The molecule has 0 saturated carbocycles. The van der Waals surface area contributed by atoms with Crippen LogP contribution in [0.2, 0.25) is 0 Å². The summed E-state index contributed by atoms with van der Waals surface area (Å²) in [5.74, 6) is 0.331. The molecule has 6 nitrogen and oxygen atoms in total. The average molecular weight is 320 g/mol. The van der Waals surface area contributed by atoms with E-state index in [1.165, 1.54) is 0 Å². The van der Waals surface area contributed by atoms with Gasteiger partial charge in [0, 0.05) is 6.42 Å². The summed E-state index contributed by atoms with van der Waals surface area (Å²) >= 11 is 0. The molecule has 6 heteroatoms. The van der Waals surface area contributed by atoms with Gasteiger partial charge in [0.2, 0.25) is 11.8 Å². The fraction of sp³-hybridized carbons (Fsp3) is 0.529. The Kier molecular flexibility index (Phi) is 5.60. The van der Waals surface area contributed by atoms with Crippen molar-refractivity contribution < 1.29 is 19.1 Å². The van der Waals surface area contributed by atoms with Crippen molar-refractivity contribution in [3.8, 4) is 5.75 Å². The molecule has 1 aliphatic rings. The van der Waals surface area contributed by atoms with Crippen molar-refractivity contribution in [2.75, 3.05) is 19.8 Å². The van der Waals surface area contributed by atoms with Crippen molar-refractivity contribution in [3.63, 3.8) is 0 Å². The van der Waals surface area contributed by atoms with E-state index in [0.717, 1.165) is 16.9 Å². The smallest absolute Gasteiger partial charge is 0.220 e. The van der Waals surface area contributed by atoms with Crippen molar-refractivity contribution in [2.45, 2.75) is 38.6 Å². The van der Waals surface area contributed by atoms with Crippen LogP contribution in [0.4, 0.5) is 0 Å². The van der Waals surface area contributed by atoms with E-state index in [9.17, 15) is 9.59 Å². The number of amides is 2. The van der Waals surface area contributed by atoms with Gasteiger partial charge in [0.05, 0.1) is 31.8 Å². The Morgan fingerprint density at radius 2 is 1.96 bits per heavy atom. The first kappa shape index (κ1) is 17.3. The molecule has 0 bridgehead atoms. The zero-order chi connectivity index (χ0) is 16.9. The summed E-state index contributed by atoms with van der Waals surface area (Å²) in [5, 5.41) is 2.86. The molecule has 3 N–H and O–H groups in total. The van der Waals surface area contributed by atoms with Crippen molar-refractivity contribution in [1.82, 2.24) is 5.32 Å². The Balaban J connectivity index is 1.74. The maximum Gasteiger partial charge on any atom is 0.220 e. The molecule has 23 heavy (non-hydrogen) atoms. The Bertz CT molecular complexity index is 562. The number of carbonyl (C=O) groups is 2. The Morgan fingerprint density at radius 1 is 1.30 bits per heavy atom. The van der Waals surface area contributed by atoms with E-state index in [4.69, 9.17) is 15.2 Å². The van der Waals surface area contributed by atoms with Gasteiger partial charge in [0.15, 0.2) is 0 Å². The second kappa shape index (κ2) is 7.46. The number of aryl methyl sites for hydroxylation is 2. The molecule has 1 fully saturated rings. The number of hydrogen-bond donors (Lipinski definition) is 2. The predicted molar refractivity (Wildman–Crippen MR) is 86.1 cm³/mol. The third-order valence-electron chi connectivity index (χ3n) is 3.88. The molecular formula is C17H24N2O4. The number of benzene rings is 1. The van der Waals surface area contributed by atoms with E-state index < -0.39 is 11.4 Å². The zero-order valence-electron chi connectivity index (χ0n) is 13.7. The molecule has 0 spiro atoms. The maximum absolute atomic E-state index is 12.0. The molecule has 1 heterocycles. The number of primary amides is 1. The van der Waals surface area contributed by atoms with Crippen LogP contribution in [-0.4, -0.2) is 37.2 Å². The summed E-state index contributed by atoms with van der Waals surface area (Å²) in [6.07, 6.45) is 1.05. The van der Waals surface area contributed by atoms with Gasteiger partial charge in [-0.2, -0.15) is 0 Å². The molecule has 0 atom stereocenters. The predicted octanol–water partition coefficient (Wildman–Crippen LogP) is 1.22. The highest BCUT2D eigenvalue weighted by molar-refractivity contribution is 5.80. The second-order valence-corrected chi connectivity index (χ2v) is 6.14. The van der Waals surface area contributed by atoms with Gasteiger partial charge in [-0.25, -0.2) is 0 Å². The van der Waals surface area contributed by atoms with Gasteiger partial charge < -0.3 is 20.5 Å². The first-order valence-corrected chi connectivity index (χ1v) is 7.78. The molecule has 1 aliphatic heterocycles. The summed E-state index contributed by atoms with van der Waals surface area (Å²) in [5.41, 5.74) is 6.77. The number of rotatable bonds is 8. The molecular weight excluding hydrogens is 296 g/mol. The molecule has 0 aliphatic carbocycles. The first-order valence-electron chi connectivity index (χ1n) is 7.78. The van der Waals surface area contributed by atoms with Crippen LogP contribution in [0.1, 0.15) is 30.4 Å². The SMILES string of the molecule is Cc1cccc(C)c1OCCCC(=O)NC1(CC(N)=O)COC1. The second-order valence-electron chi connectivity index (χ2n) is 6.14. The van der Waals surface area contributed by atoms with Crippen molar-refractivity contribution in [3.05, 3.63) is 29.3 Å². The molecule has 0 aromatic heterocycles. The van der Waals surface area contributed by atoms with E-state index in [2.05, 4.69) is 5.32 Å². The molecule has 126 valence electrons. The highest BCUT2D eigenvalue weighted by atomic mass is 16.5. The molecule has 2 amide bonds. The summed E-state index contributed by atoms with van der Waals surface area (Å²) in [6.45, 7) is 5.14. The lowest BCUT2D eigenvalue weighted by Crippen LogP contribution is -2.63. The number of ether oxygens (including phenoxy) is 2. The van der Waals surface area contributed by atoms with Gasteiger partial charge in [-0.15, -0.1) is 0 Å². The van der Waals surface area contributed by atoms with Gasteiger partial charge >= 0.3 is 0 Å². The number of carbonyl (C=O) groups excluding carboxylic acids is 2. The zero-order valence-corrected chi connectivity index (χ0v) is 13.7. The lowest BCUT2D eigenvalue weighted by Gasteiger charge is -2.41. The van der Waals surface area contributed by atoms with Crippen LogP contribution < -0.4 is 15.8 Å². The Hall–Kier alpha value is -2.08. The van der Waals surface area contributed by atoms with Crippen LogP contribution in [0.5, 0.6) is 5.75 Å². The van der Waals surface area contributed by atoms with Crippen molar-refractivity contribution in [2.24, 2.45) is 5.73 Å². The van der Waals surface area contributed by atoms with Gasteiger partial charge in [-0.1, -0.05) is 18.2 Å². The van der Waals surface area contributed by atoms with Crippen LogP contribution in [0.3, 0.4) is 0 Å². The van der Waals surface area contributed by atoms with Gasteiger partial charge in [0.25, 0.3) is 0 Å². The van der Waals surface area contributed by atoms with Crippen molar-refractivity contribution >= 4 is 11.8 Å². The standard InChI is InChI=1S/C17H24N2O4/c1-12-5-3-6-13(2)16(12)23-8-4-7-15(21)19-17(9-14(18)20)10-22-11-17/h3,5-6H,4,7-11H2,1-2H3,(H2,18,20)(H,19,21). The van der Waals surface area contributed by atoms with Gasteiger partial charge in [-0.05, 0) is 31.4 Å². The van der Waals surface area contributed by atoms with Crippen LogP contribution in [0, 0.1) is 13.8 Å². The topological polar surface area (TPSA) is 90.6 Å². The minimum Gasteiger partial charge on any atom is -0.493 e. The minimum atomic E-state index is -0.615. The average Bonchev–Trinajstić information content (AvgIpc) is 2.43. The van der Waals surface area contributed by atoms with E-state index in [1.807, 2.05) is 32.0 Å². The molecule has 1 saturated heterocycles. The fourth-order valence-electron chi connectivity index (χ4n) is 2.69. The largest absolute Gasteiger partial charge is 0.493 e. The lowest BCUT2D eigenvalue weighted by atomic mass is 9.92. The summed E-state index contributed by atoms with van der Waals surface area (Å²) in [6, 6.07) is 5.99. The first-order chi connectivity index (χ1) is 10.9. The van der Waals surface area contributed by atoms with E-state index in [1.54, 1.807) is 0 Å². The molecule has 0 unspecified atom stereocenters. The quantitative estimate of drug-likeness (QED) is 0.705. The summed E-state index contributed by atoms with van der Waals surface area (Å²) in [7, 11) is 0. The normalized spacial score (nSPS) is 15.6. The molecule has 2 rings (SSSR count). The van der Waals surface area contributed by atoms with E-state index >= 15 is 0 Å². The molecule has 1 aromatic rings. The maximum atomic E-state index is 12.0. The fourth-order valence-corrected chi connectivity index (χ4v) is 2.69. The Labute approximate surface area is 136 Å². The molecule has 1 aromatic carbocycles. The highest BCUT2D eigenvalue weighted by Gasteiger charge is 2.41. The van der Waals surface area contributed by atoms with Crippen LogP contribution in [0.15, 0.2) is 18.2 Å². The van der Waals surface area contributed by atoms with Crippen molar-refractivity contribution in [1.29, 1.82) is 0 Å². The number of nitrogens with two attached hydrogens (primary N) is 1. The van der Waals surface area contributed by atoms with Crippen LogP contribution in [-0.2, 0) is 14.3 Å². The van der Waals surface area contributed by atoms with Crippen LogP contribution in [0.25, 0.3) is 0 Å². The van der Waals surface area contributed by atoms with Crippen LogP contribution >= 0.6 is 0 Å². The Morgan fingerprint density at radius 3 is 2.48 bits per heavy atom. The van der Waals surface area contributed by atoms with E-state index in [0.29, 0.717) is 32.7 Å². The number of hydrogen-bond acceptors (Lipinski definition) is 4. The number of para-hydroxylation sites is 1. The van der Waals surface area contributed by atoms with Gasteiger partial charge in [0.1, 0.15) is 5.75 Å². The minimum absolute atomic E-state index is 0.109. The van der Waals surface area contributed by atoms with Gasteiger partial charge in [-0.3, -0.25) is 9.59 Å². The summed E-state index contributed by atoms with van der Waals surface area (Å²) in [4.78, 5) is 23.1. The lowest BCUT2D eigenvalue weighted by molar-refractivity contribution is -0.138. The summed E-state index contributed by atoms with van der Waals surface area (Å²) < 4.78 is 10.9. The number of nitrogens with one attached hydrogen (secondary N) is 1. The molecule has 0 radical (unpaired) electrons. The third-order valence-corrected chi connectivity index (χ3v) is 3.88.